The first-order valence-corrected chi connectivity index (χ1v) is 7.98. The van der Waals surface area contributed by atoms with Gasteiger partial charge in [-0.05, 0) is 43.5 Å². The molecule has 0 amide bonds. The zero-order valence-electron chi connectivity index (χ0n) is 12.6. The van der Waals surface area contributed by atoms with E-state index in [2.05, 4.69) is 12.2 Å². The summed E-state index contributed by atoms with van der Waals surface area (Å²) in [6.07, 6.45) is 16.0. The Balaban J connectivity index is 1.93. The molecule has 0 bridgehead atoms. The van der Waals surface area contributed by atoms with Crippen molar-refractivity contribution in [2.24, 2.45) is 5.73 Å². The highest BCUT2D eigenvalue weighted by atomic mass is 16.3. The number of phenolic OH excluding ortho intramolecular Hbond substituents is 1. The molecule has 0 aliphatic carbocycles. The van der Waals surface area contributed by atoms with E-state index < -0.39 is 0 Å². The third kappa shape index (κ3) is 8.76. The molecule has 0 fully saturated rings. The van der Waals surface area contributed by atoms with E-state index in [4.69, 9.17) is 5.73 Å². The number of unbranched alkanes of at least 4 members (excludes halogenated alkanes) is 8. The highest BCUT2D eigenvalue weighted by molar-refractivity contribution is 5.50. The number of nitrogens with two attached hydrogens (primary N) is 1. The fourth-order valence-electron chi connectivity index (χ4n) is 2.27. The molecular formula is C18H29NO. The van der Waals surface area contributed by atoms with E-state index >= 15 is 0 Å². The molecule has 0 saturated heterocycles. The van der Waals surface area contributed by atoms with Gasteiger partial charge in [0.05, 0.1) is 0 Å². The molecule has 1 aromatic carbocycles. The minimum atomic E-state index is 0.327. The van der Waals surface area contributed by atoms with E-state index in [1.165, 1.54) is 51.4 Å². The van der Waals surface area contributed by atoms with Crippen LogP contribution in [0.3, 0.4) is 0 Å². The van der Waals surface area contributed by atoms with Gasteiger partial charge in [-0.2, -0.15) is 0 Å². The maximum absolute atomic E-state index is 9.19. The van der Waals surface area contributed by atoms with Gasteiger partial charge in [-0.15, -0.1) is 0 Å². The van der Waals surface area contributed by atoms with E-state index in [1.807, 2.05) is 12.1 Å². The van der Waals surface area contributed by atoms with Crippen LogP contribution in [0, 0.1) is 0 Å². The minimum Gasteiger partial charge on any atom is -0.508 e. The molecule has 0 spiro atoms. The summed E-state index contributed by atoms with van der Waals surface area (Å²) in [5.74, 6) is 0.327. The van der Waals surface area contributed by atoms with Crippen molar-refractivity contribution >= 4 is 6.08 Å². The molecule has 0 unspecified atom stereocenters. The lowest BCUT2D eigenvalue weighted by Crippen LogP contribution is -1.97. The molecule has 20 heavy (non-hydrogen) atoms. The second-order valence-corrected chi connectivity index (χ2v) is 5.40. The molecule has 0 aliphatic rings. The Morgan fingerprint density at radius 1 is 0.800 bits per heavy atom. The standard InChI is InChI=1S/C18H29NO/c19-16-10-8-6-4-2-1-3-5-7-9-11-17-12-14-18(20)15-13-17/h9,11-15,20H,1-8,10,16,19H2. The first-order valence-electron chi connectivity index (χ1n) is 7.98. The summed E-state index contributed by atoms with van der Waals surface area (Å²) in [7, 11) is 0. The van der Waals surface area contributed by atoms with Crippen molar-refractivity contribution in [2.75, 3.05) is 6.54 Å². The summed E-state index contributed by atoms with van der Waals surface area (Å²) in [5.41, 5.74) is 6.62. The van der Waals surface area contributed by atoms with E-state index in [9.17, 15) is 5.11 Å². The Bertz CT molecular complexity index is 356. The molecule has 1 rings (SSSR count). The molecule has 2 heteroatoms. The second kappa shape index (κ2) is 11.5. The summed E-state index contributed by atoms with van der Waals surface area (Å²) in [4.78, 5) is 0. The van der Waals surface area contributed by atoms with Crippen molar-refractivity contribution in [2.45, 2.75) is 57.8 Å². The van der Waals surface area contributed by atoms with Gasteiger partial charge < -0.3 is 10.8 Å². The molecule has 0 atom stereocenters. The van der Waals surface area contributed by atoms with Gasteiger partial charge in [0.15, 0.2) is 0 Å². The summed E-state index contributed by atoms with van der Waals surface area (Å²) in [6, 6.07) is 7.33. The van der Waals surface area contributed by atoms with Crippen LogP contribution in [-0.2, 0) is 0 Å². The predicted octanol–water partition coefficient (Wildman–Crippen LogP) is 4.88. The average Bonchev–Trinajstić information content (AvgIpc) is 2.47. The second-order valence-electron chi connectivity index (χ2n) is 5.40. The molecule has 2 nitrogen and oxygen atoms in total. The fraction of sp³-hybridized carbons (Fsp3) is 0.556. The lowest BCUT2D eigenvalue weighted by atomic mass is 10.1. The number of aromatic hydroxyl groups is 1. The maximum Gasteiger partial charge on any atom is 0.115 e. The van der Waals surface area contributed by atoms with E-state index in [-0.39, 0.29) is 0 Å². The molecule has 0 aliphatic heterocycles. The lowest BCUT2D eigenvalue weighted by Gasteiger charge is -2.00. The van der Waals surface area contributed by atoms with Crippen LogP contribution < -0.4 is 5.73 Å². The Hall–Kier alpha value is -1.28. The molecule has 0 saturated carbocycles. The summed E-state index contributed by atoms with van der Waals surface area (Å²) in [6.45, 7) is 0.841. The van der Waals surface area contributed by atoms with Gasteiger partial charge >= 0.3 is 0 Å². The molecule has 1 aromatic rings. The molecule has 0 radical (unpaired) electrons. The summed E-state index contributed by atoms with van der Waals surface area (Å²) in [5, 5.41) is 9.19. The number of phenols is 1. The monoisotopic (exact) mass is 275 g/mol. The van der Waals surface area contributed by atoms with E-state index in [1.54, 1.807) is 12.1 Å². The maximum atomic E-state index is 9.19. The highest BCUT2D eigenvalue weighted by Gasteiger charge is 1.91. The number of hydrogen-bond donors (Lipinski definition) is 2. The minimum absolute atomic E-state index is 0.327. The number of benzene rings is 1. The predicted molar refractivity (Wildman–Crippen MR) is 87.7 cm³/mol. The van der Waals surface area contributed by atoms with Crippen molar-refractivity contribution < 1.29 is 5.11 Å². The van der Waals surface area contributed by atoms with Crippen LogP contribution >= 0.6 is 0 Å². The van der Waals surface area contributed by atoms with Gasteiger partial charge in [0, 0.05) is 0 Å². The van der Waals surface area contributed by atoms with Gasteiger partial charge in [0.2, 0.25) is 0 Å². The topological polar surface area (TPSA) is 46.2 Å². The van der Waals surface area contributed by atoms with Crippen LogP contribution in [0.15, 0.2) is 30.3 Å². The number of allylic oxidation sites excluding steroid dienone is 1. The van der Waals surface area contributed by atoms with Crippen LogP contribution in [0.4, 0.5) is 0 Å². The zero-order valence-corrected chi connectivity index (χ0v) is 12.6. The zero-order chi connectivity index (χ0) is 14.5. The third-order valence-electron chi connectivity index (χ3n) is 3.53. The highest BCUT2D eigenvalue weighted by Crippen LogP contribution is 2.13. The Labute approximate surface area is 123 Å². The molecule has 112 valence electrons. The molecule has 0 heterocycles. The van der Waals surface area contributed by atoms with Gasteiger partial charge in [-0.3, -0.25) is 0 Å². The number of hydrogen-bond acceptors (Lipinski definition) is 2. The van der Waals surface area contributed by atoms with Crippen LogP contribution in [0.1, 0.15) is 63.4 Å². The fourth-order valence-corrected chi connectivity index (χ4v) is 2.27. The van der Waals surface area contributed by atoms with Gasteiger partial charge in [-0.1, -0.05) is 62.8 Å². The SMILES string of the molecule is NCCCCCCCCCCC=Cc1ccc(O)cc1. The molecular weight excluding hydrogens is 246 g/mol. The van der Waals surface area contributed by atoms with Crippen LogP contribution in [-0.4, -0.2) is 11.7 Å². The average molecular weight is 275 g/mol. The van der Waals surface area contributed by atoms with Crippen LogP contribution in [0.2, 0.25) is 0 Å². The summed E-state index contributed by atoms with van der Waals surface area (Å²) < 4.78 is 0. The van der Waals surface area contributed by atoms with Crippen molar-refractivity contribution in [3.63, 3.8) is 0 Å². The molecule has 0 aromatic heterocycles. The first kappa shape index (κ1) is 16.8. The largest absolute Gasteiger partial charge is 0.508 e. The van der Waals surface area contributed by atoms with Crippen molar-refractivity contribution in [1.82, 2.24) is 0 Å². The normalized spacial score (nSPS) is 11.2. The van der Waals surface area contributed by atoms with Crippen LogP contribution in [0.25, 0.3) is 6.08 Å². The van der Waals surface area contributed by atoms with Crippen LogP contribution in [0.5, 0.6) is 5.75 Å². The van der Waals surface area contributed by atoms with Crippen molar-refractivity contribution in [3.8, 4) is 5.75 Å². The van der Waals surface area contributed by atoms with Gasteiger partial charge in [0.1, 0.15) is 5.75 Å². The first-order chi connectivity index (χ1) is 9.83. The van der Waals surface area contributed by atoms with E-state index in [0.29, 0.717) is 5.75 Å². The Kier molecular flexibility index (Phi) is 9.68. The van der Waals surface area contributed by atoms with Gasteiger partial charge in [0.25, 0.3) is 0 Å². The lowest BCUT2D eigenvalue weighted by molar-refractivity contribution is 0.475. The van der Waals surface area contributed by atoms with Crippen molar-refractivity contribution in [1.29, 1.82) is 0 Å². The molecule has 3 N–H and O–H groups in total. The Morgan fingerprint density at radius 2 is 1.35 bits per heavy atom. The Morgan fingerprint density at radius 3 is 1.95 bits per heavy atom. The smallest absolute Gasteiger partial charge is 0.115 e. The van der Waals surface area contributed by atoms with Crippen molar-refractivity contribution in [3.05, 3.63) is 35.9 Å². The third-order valence-corrected chi connectivity index (χ3v) is 3.53. The number of rotatable bonds is 11. The van der Waals surface area contributed by atoms with E-state index in [0.717, 1.165) is 18.5 Å². The quantitative estimate of drug-likeness (QED) is 0.566. The van der Waals surface area contributed by atoms with Gasteiger partial charge in [-0.25, -0.2) is 0 Å². The summed E-state index contributed by atoms with van der Waals surface area (Å²) >= 11 is 0.